The maximum atomic E-state index is 9.64. The molecular formula is C9H17NO. The molecule has 2 fully saturated rings. The van der Waals surface area contributed by atoms with Gasteiger partial charge in [-0.1, -0.05) is 6.42 Å². The van der Waals surface area contributed by atoms with Crippen molar-refractivity contribution >= 4 is 0 Å². The molecule has 0 aromatic heterocycles. The van der Waals surface area contributed by atoms with E-state index in [-0.39, 0.29) is 5.60 Å². The van der Waals surface area contributed by atoms with Crippen LogP contribution in [0.25, 0.3) is 0 Å². The zero-order valence-corrected chi connectivity index (χ0v) is 6.97. The highest BCUT2D eigenvalue weighted by molar-refractivity contribution is 4.96. The molecule has 1 saturated heterocycles. The monoisotopic (exact) mass is 155 g/mol. The average molecular weight is 155 g/mol. The fourth-order valence-corrected chi connectivity index (χ4v) is 1.91. The normalized spacial score (nSPS) is 35.2. The van der Waals surface area contributed by atoms with E-state index < -0.39 is 0 Å². The van der Waals surface area contributed by atoms with Crippen LogP contribution in [0.2, 0.25) is 0 Å². The molecule has 64 valence electrons. The van der Waals surface area contributed by atoms with Gasteiger partial charge in [-0.15, -0.1) is 0 Å². The Hall–Kier alpha value is -0.0800. The van der Waals surface area contributed by atoms with Crippen molar-refractivity contribution in [1.29, 1.82) is 0 Å². The summed E-state index contributed by atoms with van der Waals surface area (Å²) in [6, 6.07) is 0.608. The molecule has 0 bridgehead atoms. The first kappa shape index (κ1) is 7.56. The summed E-state index contributed by atoms with van der Waals surface area (Å²) < 4.78 is 0. The van der Waals surface area contributed by atoms with Gasteiger partial charge in [-0.05, 0) is 38.6 Å². The summed E-state index contributed by atoms with van der Waals surface area (Å²) in [5, 5.41) is 13.1. The smallest absolute Gasteiger partial charge is 0.0664 e. The largest absolute Gasteiger partial charge is 0.390 e. The highest BCUT2D eigenvalue weighted by Gasteiger charge is 2.41. The van der Waals surface area contributed by atoms with Gasteiger partial charge in [0.25, 0.3) is 0 Å². The molecule has 1 aliphatic carbocycles. The van der Waals surface area contributed by atoms with Gasteiger partial charge in [-0.3, -0.25) is 0 Å². The van der Waals surface area contributed by atoms with Gasteiger partial charge in [0.15, 0.2) is 0 Å². The van der Waals surface area contributed by atoms with Crippen molar-refractivity contribution in [3.05, 3.63) is 0 Å². The molecule has 2 N–H and O–H groups in total. The lowest BCUT2D eigenvalue weighted by molar-refractivity contribution is 0.119. The van der Waals surface area contributed by atoms with E-state index in [1.165, 1.54) is 19.3 Å². The molecule has 2 nitrogen and oxygen atoms in total. The second-order valence-corrected chi connectivity index (χ2v) is 4.08. The lowest BCUT2D eigenvalue weighted by atomic mass is 9.98. The number of rotatable bonds is 2. The molecule has 0 spiro atoms. The standard InChI is InChI=1S/C9H17NO/c11-9(4-5-9)7-8-3-1-2-6-10-8/h8,10-11H,1-7H2. The van der Waals surface area contributed by atoms with Crippen LogP contribution in [0.3, 0.4) is 0 Å². The van der Waals surface area contributed by atoms with Crippen molar-refractivity contribution in [1.82, 2.24) is 5.32 Å². The third-order valence-electron chi connectivity index (χ3n) is 2.87. The summed E-state index contributed by atoms with van der Waals surface area (Å²) in [5.74, 6) is 0. The maximum Gasteiger partial charge on any atom is 0.0664 e. The zero-order valence-electron chi connectivity index (χ0n) is 6.97. The van der Waals surface area contributed by atoms with Gasteiger partial charge >= 0.3 is 0 Å². The third kappa shape index (κ3) is 1.94. The number of hydrogen-bond acceptors (Lipinski definition) is 2. The molecule has 1 heterocycles. The fourth-order valence-electron chi connectivity index (χ4n) is 1.91. The Morgan fingerprint density at radius 3 is 2.73 bits per heavy atom. The van der Waals surface area contributed by atoms with Crippen LogP contribution in [0.4, 0.5) is 0 Å². The van der Waals surface area contributed by atoms with Crippen molar-refractivity contribution in [3.63, 3.8) is 0 Å². The zero-order chi connectivity index (χ0) is 7.73. The molecule has 1 saturated carbocycles. The summed E-state index contributed by atoms with van der Waals surface area (Å²) in [6.45, 7) is 1.15. The molecule has 0 aromatic rings. The minimum atomic E-state index is -0.255. The summed E-state index contributed by atoms with van der Waals surface area (Å²) >= 11 is 0. The van der Waals surface area contributed by atoms with Gasteiger partial charge in [0, 0.05) is 6.04 Å². The SMILES string of the molecule is OC1(CC2CCCCN2)CC1. The summed E-state index contributed by atoms with van der Waals surface area (Å²) in [6.07, 6.45) is 6.98. The van der Waals surface area contributed by atoms with Crippen LogP contribution in [-0.4, -0.2) is 23.3 Å². The maximum absolute atomic E-state index is 9.64. The van der Waals surface area contributed by atoms with E-state index in [1.807, 2.05) is 0 Å². The van der Waals surface area contributed by atoms with Gasteiger partial charge in [-0.25, -0.2) is 0 Å². The lowest BCUT2D eigenvalue weighted by Crippen LogP contribution is -2.37. The predicted molar refractivity (Wildman–Crippen MR) is 44.4 cm³/mol. The first-order valence-electron chi connectivity index (χ1n) is 4.74. The summed E-state index contributed by atoms with van der Waals surface area (Å²) in [7, 11) is 0. The number of nitrogens with one attached hydrogen (secondary N) is 1. The molecule has 1 atom stereocenters. The number of piperidine rings is 1. The average Bonchev–Trinajstić information content (AvgIpc) is 2.70. The Bertz CT molecular complexity index is 136. The van der Waals surface area contributed by atoms with E-state index in [1.54, 1.807) is 0 Å². The first-order chi connectivity index (χ1) is 5.29. The second kappa shape index (κ2) is 2.76. The molecule has 1 aliphatic heterocycles. The van der Waals surface area contributed by atoms with E-state index in [2.05, 4.69) is 5.32 Å². The second-order valence-electron chi connectivity index (χ2n) is 4.08. The minimum absolute atomic E-state index is 0.255. The van der Waals surface area contributed by atoms with Gasteiger partial charge in [0.1, 0.15) is 0 Å². The van der Waals surface area contributed by atoms with Crippen molar-refractivity contribution in [2.45, 2.75) is 50.2 Å². The summed E-state index contributed by atoms with van der Waals surface area (Å²) in [5.41, 5.74) is -0.255. The Kier molecular flexibility index (Phi) is 1.90. The quantitative estimate of drug-likeness (QED) is 0.624. The Morgan fingerprint density at radius 1 is 1.36 bits per heavy atom. The molecule has 0 aromatic carbocycles. The molecule has 0 radical (unpaired) electrons. The molecule has 11 heavy (non-hydrogen) atoms. The molecule has 2 aliphatic rings. The van der Waals surface area contributed by atoms with Crippen LogP contribution in [0.5, 0.6) is 0 Å². The molecule has 0 amide bonds. The fraction of sp³-hybridized carbons (Fsp3) is 1.00. The van der Waals surface area contributed by atoms with Crippen molar-refractivity contribution < 1.29 is 5.11 Å². The van der Waals surface area contributed by atoms with Gasteiger partial charge < -0.3 is 10.4 Å². The van der Waals surface area contributed by atoms with Gasteiger partial charge in [-0.2, -0.15) is 0 Å². The molecule has 1 unspecified atom stereocenters. The van der Waals surface area contributed by atoms with Crippen molar-refractivity contribution in [2.24, 2.45) is 0 Å². The Balaban J connectivity index is 1.76. The van der Waals surface area contributed by atoms with Crippen LogP contribution in [-0.2, 0) is 0 Å². The summed E-state index contributed by atoms with van der Waals surface area (Å²) in [4.78, 5) is 0. The lowest BCUT2D eigenvalue weighted by Gasteiger charge is -2.25. The molecule has 2 heteroatoms. The predicted octanol–water partition coefficient (Wildman–Crippen LogP) is 1.04. The van der Waals surface area contributed by atoms with Crippen LogP contribution in [0, 0.1) is 0 Å². The van der Waals surface area contributed by atoms with E-state index in [9.17, 15) is 5.11 Å². The molecule has 2 rings (SSSR count). The highest BCUT2D eigenvalue weighted by Crippen LogP contribution is 2.40. The first-order valence-corrected chi connectivity index (χ1v) is 4.74. The van der Waals surface area contributed by atoms with E-state index in [0.717, 1.165) is 25.8 Å². The highest BCUT2D eigenvalue weighted by atomic mass is 16.3. The Labute approximate surface area is 68.0 Å². The minimum Gasteiger partial charge on any atom is -0.390 e. The van der Waals surface area contributed by atoms with Crippen LogP contribution in [0.1, 0.15) is 38.5 Å². The van der Waals surface area contributed by atoms with Crippen molar-refractivity contribution in [3.8, 4) is 0 Å². The van der Waals surface area contributed by atoms with E-state index >= 15 is 0 Å². The van der Waals surface area contributed by atoms with Crippen molar-refractivity contribution in [2.75, 3.05) is 6.54 Å². The number of aliphatic hydroxyl groups is 1. The van der Waals surface area contributed by atoms with E-state index in [4.69, 9.17) is 0 Å². The topological polar surface area (TPSA) is 32.3 Å². The third-order valence-corrected chi connectivity index (χ3v) is 2.87. The van der Waals surface area contributed by atoms with Gasteiger partial charge in [0.05, 0.1) is 5.60 Å². The van der Waals surface area contributed by atoms with E-state index in [0.29, 0.717) is 6.04 Å². The molecular weight excluding hydrogens is 138 g/mol. The number of hydrogen-bond donors (Lipinski definition) is 2. The van der Waals surface area contributed by atoms with Crippen LogP contribution >= 0.6 is 0 Å². The Morgan fingerprint density at radius 2 is 2.18 bits per heavy atom. The van der Waals surface area contributed by atoms with Crippen LogP contribution < -0.4 is 5.32 Å². The van der Waals surface area contributed by atoms with Gasteiger partial charge in [0.2, 0.25) is 0 Å². The van der Waals surface area contributed by atoms with Crippen LogP contribution in [0.15, 0.2) is 0 Å².